The summed E-state index contributed by atoms with van der Waals surface area (Å²) in [6.07, 6.45) is 1.95. The molecule has 0 saturated heterocycles. The minimum absolute atomic E-state index is 0.226. The van der Waals surface area contributed by atoms with Crippen molar-refractivity contribution in [2.75, 3.05) is 25.1 Å². The zero-order valence-electron chi connectivity index (χ0n) is 11.6. The van der Waals surface area contributed by atoms with Crippen LogP contribution in [0.1, 0.15) is 20.8 Å². The summed E-state index contributed by atoms with van der Waals surface area (Å²) in [5, 5.41) is 1.01. The molecule has 21 heavy (non-hydrogen) atoms. The molecule has 2 heterocycles. The first-order valence-corrected chi connectivity index (χ1v) is 7.95. The van der Waals surface area contributed by atoms with Gasteiger partial charge in [-0.3, -0.25) is 0 Å². The van der Waals surface area contributed by atoms with E-state index in [0.717, 1.165) is 31.1 Å². The normalized spacial score (nSPS) is 14.5. The van der Waals surface area contributed by atoms with Crippen LogP contribution in [-0.2, 0) is 17.6 Å². The summed E-state index contributed by atoms with van der Waals surface area (Å²) in [6, 6.07) is 8.50. The lowest BCUT2D eigenvalue weighted by Gasteiger charge is -2.18. The Labute approximate surface area is 132 Å². The number of esters is 1. The van der Waals surface area contributed by atoms with Gasteiger partial charge >= 0.3 is 5.97 Å². The molecule has 6 heteroatoms. The van der Waals surface area contributed by atoms with Crippen LogP contribution in [0, 0.1) is 0 Å². The van der Waals surface area contributed by atoms with Gasteiger partial charge in [0.15, 0.2) is 15.2 Å². The molecule has 3 rings (SSSR count). The molecule has 1 aliphatic rings. The Hall–Kier alpha value is -1.59. The van der Waals surface area contributed by atoms with Crippen molar-refractivity contribution >= 4 is 34.0 Å². The van der Waals surface area contributed by atoms with Crippen LogP contribution in [-0.4, -0.2) is 31.2 Å². The number of aromatic nitrogens is 1. The van der Waals surface area contributed by atoms with E-state index in [0.29, 0.717) is 4.88 Å². The molecule has 0 N–H and O–H groups in total. The number of hydrogen-bond acceptors (Lipinski definition) is 5. The molecular formula is C15H15ClN2O2S. The molecule has 1 aromatic heterocycles. The number of nitrogens with zero attached hydrogens (tertiary/aromatic N) is 2. The Bertz CT molecular complexity index is 644. The number of methoxy groups -OCH3 is 1. The van der Waals surface area contributed by atoms with E-state index < -0.39 is 5.97 Å². The van der Waals surface area contributed by atoms with E-state index in [1.165, 1.54) is 29.6 Å². The predicted molar refractivity (Wildman–Crippen MR) is 84.5 cm³/mol. The quantitative estimate of drug-likeness (QED) is 0.796. The average Bonchev–Trinajstić information content (AvgIpc) is 2.76. The molecule has 1 aromatic carbocycles. The summed E-state index contributed by atoms with van der Waals surface area (Å²) < 4.78 is 4.72. The van der Waals surface area contributed by atoms with Crippen LogP contribution in [0.5, 0.6) is 0 Å². The molecule has 0 spiro atoms. The second-order valence-electron chi connectivity index (χ2n) is 4.86. The minimum atomic E-state index is -0.429. The van der Waals surface area contributed by atoms with Gasteiger partial charge in [0, 0.05) is 13.1 Å². The number of carbonyl (C=O) groups excluding carboxylic acids is 1. The number of hydrogen-bond donors (Lipinski definition) is 0. The van der Waals surface area contributed by atoms with Gasteiger partial charge in [-0.25, -0.2) is 9.78 Å². The van der Waals surface area contributed by atoms with Gasteiger partial charge in [0.2, 0.25) is 0 Å². The van der Waals surface area contributed by atoms with Crippen LogP contribution >= 0.6 is 22.9 Å². The third-order valence-electron chi connectivity index (χ3n) is 3.64. The zero-order valence-corrected chi connectivity index (χ0v) is 13.2. The van der Waals surface area contributed by atoms with Crippen molar-refractivity contribution in [3.8, 4) is 0 Å². The molecular weight excluding hydrogens is 308 g/mol. The topological polar surface area (TPSA) is 42.4 Å². The van der Waals surface area contributed by atoms with Crippen LogP contribution in [0.4, 0.5) is 5.13 Å². The number of benzene rings is 1. The highest BCUT2D eigenvalue weighted by atomic mass is 35.5. The summed E-state index contributed by atoms with van der Waals surface area (Å²) in [5.41, 5.74) is 2.77. The summed E-state index contributed by atoms with van der Waals surface area (Å²) in [4.78, 5) is 18.5. The molecule has 0 atom stereocenters. The standard InChI is InChI=1S/C15H15ClN2O2S/c1-20-14(19)12-13(16)17-15(21-12)18-8-6-10-4-2-3-5-11(10)7-9-18/h2-5H,6-9H2,1H3. The molecule has 0 amide bonds. The first-order chi connectivity index (χ1) is 10.2. The highest BCUT2D eigenvalue weighted by Gasteiger charge is 2.22. The zero-order chi connectivity index (χ0) is 14.8. The van der Waals surface area contributed by atoms with Gasteiger partial charge in [-0.05, 0) is 24.0 Å². The van der Waals surface area contributed by atoms with Crippen LogP contribution in [0.2, 0.25) is 5.15 Å². The molecule has 0 radical (unpaired) electrons. The lowest BCUT2D eigenvalue weighted by atomic mass is 10.0. The molecule has 0 bridgehead atoms. The SMILES string of the molecule is COC(=O)c1sc(N2CCc3ccccc3CC2)nc1Cl. The predicted octanol–water partition coefficient (Wildman–Crippen LogP) is 3.19. The van der Waals surface area contributed by atoms with Crippen molar-refractivity contribution in [1.82, 2.24) is 4.98 Å². The smallest absolute Gasteiger partial charge is 0.351 e. The van der Waals surface area contributed by atoms with Crippen LogP contribution in [0.15, 0.2) is 24.3 Å². The number of carbonyl (C=O) groups is 1. The van der Waals surface area contributed by atoms with Crippen molar-refractivity contribution in [2.24, 2.45) is 0 Å². The lowest BCUT2D eigenvalue weighted by Crippen LogP contribution is -2.25. The first-order valence-electron chi connectivity index (χ1n) is 6.75. The molecule has 0 saturated carbocycles. The van der Waals surface area contributed by atoms with E-state index in [2.05, 4.69) is 34.1 Å². The van der Waals surface area contributed by atoms with Gasteiger partial charge in [-0.15, -0.1) is 0 Å². The number of fused-ring (bicyclic) bond motifs is 1. The van der Waals surface area contributed by atoms with Crippen molar-refractivity contribution in [1.29, 1.82) is 0 Å². The fourth-order valence-corrected chi connectivity index (χ4v) is 3.75. The second kappa shape index (κ2) is 6.03. The van der Waals surface area contributed by atoms with Crippen molar-refractivity contribution in [3.63, 3.8) is 0 Å². The Morgan fingerprint density at radius 1 is 1.29 bits per heavy atom. The number of anilines is 1. The van der Waals surface area contributed by atoms with Gasteiger partial charge in [0.05, 0.1) is 7.11 Å². The summed E-state index contributed by atoms with van der Waals surface area (Å²) in [6.45, 7) is 1.75. The summed E-state index contributed by atoms with van der Waals surface area (Å²) >= 11 is 7.33. The number of rotatable bonds is 2. The highest BCUT2D eigenvalue weighted by Crippen LogP contribution is 2.31. The molecule has 0 aliphatic carbocycles. The van der Waals surface area contributed by atoms with E-state index in [-0.39, 0.29) is 5.15 Å². The van der Waals surface area contributed by atoms with Crippen molar-refractivity contribution < 1.29 is 9.53 Å². The van der Waals surface area contributed by atoms with Crippen molar-refractivity contribution in [3.05, 3.63) is 45.4 Å². The van der Waals surface area contributed by atoms with Crippen LogP contribution in [0.25, 0.3) is 0 Å². The fraction of sp³-hybridized carbons (Fsp3) is 0.333. The van der Waals surface area contributed by atoms with Gasteiger partial charge in [-0.2, -0.15) is 0 Å². The molecule has 2 aromatic rings. The first kappa shape index (κ1) is 14.4. The second-order valence-corrected chi connectivity index (χ2v) is 6.20. The number of halogens is 1. The summed E-state index contributed by atoms with van der Waals surface area (Å²) in [5.74, 6) is -0.429. The molecule has 1 aliphatic heterocycles. The van der Waals surface area contributed by atoms with E-state index in [1.54, 1.807) is 0 Å². The van der Waals surface area contributed by atoms with Gasteiger partial charge in [0.25, 0.3) is 0 Å². The maximum Gasteiger partial charge on any atom is 0.351 e. The third kappa shape index (κ3) is 2.89. The summed E-state index contributed by atoms with van der Waals surface area (Å²) in [7, 11) is 1.35. The fourth-order valence-electron chi connectivity index (χ4n) is 2.50. The Kier molecular flexibility index (Phi) is 4.12. The molecule has 110 valence electrons. The van der Waals surface area contributed by atoms with E-state index in [9.17, 15) is 4.79 Å². The molecule has 4 nitrogen and oxygen atoms in total. The molecule has 0 unspecified atom stereocenters. The van der Waals surface area contributed by atoms with Gasteiger partial charge in [-0.1, -0.05) is 47.2 Å². The van der Waals surface area contributed by atoms with Crippen molar-refractivity contribution in [2.45, 2.75) is 12.8 Å². The maximum atomic E-state index is 11.6. The maximum absolute atomic E-state index is 11.6. The number of thiazole rings is 1. The monoisotopic (exact) mass is 322 g/mol. The highest BCUT2D eigenvalue weighted by molar-refractivity contribution is 7.18. The Morgan fingerprint density at radius 2 is 1.90 bits per heavy atom. The van der Waals surface area contributed by atoms with E-state index in [4.69, 9.17) is 16.3 Å². The Morgan fingerprint density at radius 3 is 2.48 bits per heavy atom. The van der Waals surface area contributed by atoms with Crippen LogP contribution < -0.4 is 4.90 Å². The van der Waals surface area contributed by atoms with Crippen LogP contribution in [0.3, 0.4) is 0 Å². The Balaban J connectivity index is 1.82. The van der Waals surface area contributed by atoms with E-state index in [1.807, 2.05) is 0 Å². The molecule has 0 fully saturated rings. The minimum Gasteiger partial charge on any atom is -0.465 e. The van der Waals surface area contributed by atoms with Gasteiger partial charge < -0.3 is 9.64 Å². The average molecular weight is 323 g/mol. The van der Waals surface area contributed by atoms with Gasteiger partial charge in [0.1, 0.15) is 0 Å². The largest absolute Gasteiger partial charge is 0.465 e. The van der Waals surface area contributed by atoms with E-state index >= 15 is 0 Å². The lowest BCUT2D eigenvalue weighted by molar-refractivity contribution is 0.0606. The third-order valence-corrected chi connectivity index (χ3v) is 5.12. The number of ether oxygens (including phenoxy) is 1.